The molecule has 1 fully saturated rings. The minimum Gasteiger partial charge on any atom is -0.347 e. The summed E-state index contributed by atoms with van der Waals surface area (Å²) in [7, 11) is 0. The Balaban J connectivity index is 1.66. The molecule has 1 saturated carbocycles. The molecule has 0 aromatic carbocycles. The summed E-state index contributed by atoms with van der Waals surface area (Å²) in [6.07, 6.45) is 5.27. The van der Waals surface area contributed by atoms with Crippen LogP contribution in [0.4, 0.5) is 0 Å². The minimum atomic E-state index is -0.358. The largest absolute Gasteiger partial charge is 0.347 e. The van der Waals surface area contributed by atoms with E-state index < -0.39 is 0 Å². The van der Waals surface area contributed by atoms with Gasteiger partial charge in [-0.05, 0) is 30.2 Å². The van der Waals surface area contributed by atoms with Crippen molar-refractivity contribution in [1.82, 2.24) is 20.8 Å². The third kappa shape index (κ3) is 4.32. The highest BCUT2D eigenvalue weighted by molar-refractivity contribution is 7.10. The first-order valence-corrected chi connectivity index (χ1v) is 10.3. The van der Waals surface area contributed by atoms with E-state index in [9.17, 15) is 4.79 Å². The average molecular weight is 377 g/mol. The number of aromatic nitrogens is 2. The van der Waals surface area contributed by atoms with Crippen molar-refractivity contribution < 1.29 is 9.32 Å². The number of carbonyl (C=O) groups excluding carboxylic acids is 1. The van der Waals surface area contributed by atoms with Crippen LogP contribution in [0.15, 0.2) is 22.0 Å². The first kappa shape index (κ1) is 19.0. The maximum Gasteiger partial charge on any atom is 0.234 e. The maximum absolute atomic E-state index is 12.6. The van der Waals surface area contributed by atoms with Crippen LogP contribution in [0.1, 0.15) is 68.6 Å². The molecule has 2 N–H and O–H groups in total. The van der Waals surface area contributed by atoms with Crippen molar-refractivity contribution in [3.63, 3.8) is 0 Å². The Hall–Kier alpha value is -1.73. The molecule has 1 unspecified atom stereocenters. The number of hydrogen-bond donors (Lipinski definition) is 2. The fourth-order valence-electron chi connectivity index (χ4n) is 3.64. The van der Waals surface area contributed by atoms with E-state index in [0.717, 1.165) is 25.7 Å². The average Bonchev–Trinajstić information content (AvgIpc) is 3.30. The van der Waals surface area contributed by atoms with E-state index in [4.69, 9.17) is 4.52 Å². The van der Waals surface area contributed by atoms with E-state index in [1.54, 1.807) is 18.3 Å². The van der Waals surface area contributed by atoms with Crippen molar-refractivity contribution in [2.45, 2.75) is 64.5 Å². The summed E-state index contributed by atoms with van der Waals surface area (Å²) in [4.78, 5) is 18.3. The van der Waals surface area contributed by atoms with Crippen molar-refractivity contribution in [3.05, 3.63) is 34.1 Å². The van der Waals surface area contributed by atoms with Crippen LogP contribution in [0.5, 0.6) is 0 Å². The summed E-state index contributed by atoms with van der Waals surface area (Å²) < 4.78 is 5.19. The Bertz CT molecular complexity index is 705. The Morgan fingerprint density at radius 1 is 1.35 bits per heavy atom. The molecule has 1 amide bonds. The Labute approximate surface area is 158 Å². The Kier molecular flexibility index (Phi) is 6.09. The molecule has 7 heteroatoms. The standard InChI is InChI=1S/C19H28N4O2S/c1-13(2)17(15-8-7-11-26-15)22-16(24)12-20-19(9-5-4-6-10-19)18-21-14(3)25-23-18/h7-8,11,13,17,20H,4-6,9-10,12H2,1-3H3,(H,22,24). The number of rotatable bonds is 7. The topological polar surface area (TPSA) is 80.0 Å². The van der Waals surface area contributed by atoms with E-state index in [-0.39, 0.29) is 24.0 Å². The van der Waals surface area contributed by atoms with Crippen LogP contribution < -0.4 is 10.6 Å². The monoisotopic (exact) mass is 376 g/mol. The highest BCUT2D eigenvalue weighted by Gasteiger charge is 2.38. The van der Waals surface area contributed by atoms with Gasteiger partial charge in [-0.3, -0.25) is 10.1 Å². The third-order valence-electron chi connectivity index (χ3n) is 5.08. The summed E-state index contributed by atoms with van der Waals surface area (Å²) in [5.41, 5.74) is -0.358. The quantitative estimate of drug-likeness (QED) is 0.770. The molecule has 2 aromatic rings. The molecular formula is C19H28N4O2S. The van der Waals surface area contributed by atoms with Gasteiger partial charge >= 0.3 is 0 Å². The Morgan fingerprint density at radius 3 is 2.69 bits per heavy atom. The van der Waals surface area contributed by atoms with Gasteiger partial charge in [0.15, 0.2) is 5.82 Å². The van der Waals surface area contributed by atoms with Gasteiger partial charge in [0.05, 0.1) is 18.1 Å². The van der Waals surface area contributed by atoms with Gasteiger partial charge in [0.25, 0.3) is 0 Å². The lowest BCUT2D eigenvalue weighted by molar-refractivity contribution is -0.121. The zero-order valence-electron chi connectivity index (χ0n) is 15.7. The van der Waals surface area contributed by atoms with Gasteiger partial charge in [-0.15, -0.1) is 11.3 Å². The predicted molar refractivity (Wildman–Crippen MR) is 102 cm³/mol. The predicted octanol–water partition coefficient (Wildman–Crippen LogP) is 3.70. The zero-order valence-corrected chi connectivity index (χ0v) is 16.6. The second-order valence-electron chi connectivity index (χ2n) is 7.44. The number of hydrogen-bond acceptors (Lipinski definition) is 6. The van der Waals surface area contributed by atoms with Crippen LogP contribution in [0.3, 0.4) is 0 Å². The Morgan fingerprint density at radius 2 is 2.12 bits per heavy atom. The fraction of sp³-hybridized carbons (Fsp3) is 0.632. The molecule has 2 aromatic heterocycles. The van der Waals surface area contributed by atoms with Crippen molar-refractivity contribution in [2.75, 3.05) is 6.54 Å². The van der Waals surface area contributed by atoms with E-state index in [2.05, 4.69) is 40.7 Å². The van der Waals surface area contributed by atoms with E-state index in [0.29, 0.717) is 17.6 Å². The van der Waals surface area contributed by atoms with Gasteiger partial charge in [-0.2, -0.15) is 4.98 Å². The first-order chi connectivity index (χ1) is 12.5. The molecule has 0 bridgehead atoms. The molecule has 1 aliphatic rings. The maximum atomic E-state index is 12.6. The van der Waals surface area contributed by atoms with Gasteiger partial charge < -0.3 is 9.84 Å². The molecule has 0 aliphatic heterocycles. The fourth-order valence-corrected chi connectivity index (χ4v) is 4.59. The van der Waals surface area contributed by atoms with Crippen LogP contribution in [0, 0.1) is 12.8 Å². The van der Waals surface area contributed by atoms with Crippen molar-refractivity contribution >= 4 is 17.2 Å². The summed E-state index contributed by atoms with van der Waals surface area (Å²) in [6, 6.07) is 4.14. The van der Waals surface area contributed by atoms with Gasteiger partial charge in [0.2, 0.25) is 11.8 Å². The minimum absolute atomic E-state index is 0.00210. The molecule has 6 nitrogen and oxygen atoms in total. The molecular weight excluding hydrogens is 348 g/mol. The third-order valence-corrected chi connectivity index (χ3v) is 6.04. The number of amides is 1. The SMILES string of the molecule is Cc1nc(C2(NCC(=O)NC(c3cccs3)C(C)C)CCCCC2)no1. The van der Waals surface area contributed by atoms with E-state index >= 15 is 0 Å². The summed E-state index contributed by atoms with van der Waals surface area (Å²) >= 11 is 1.68. The first-order valence-electron chi connectivity index (χ1n) is 9.39. The number of nitrogens with zero attached hydrogens (tertiary/aromatic N) is 2. The summed E-state index contributed by atoms with van der Waals surface area (Å²) in [5, 5.41) is 12.8. The van der Waals surface area contributed by atoms with Gasteiger partial charge in [-0.1, -0.05) is 44.3 Å². The van der Waals surface area contributed by atoms with Crippen LogP contribution in [-0.4, -0.2) is 22.6 Å². The molecule has 26 heavy (non-hydrogen) atoms. The van der Waals surface area contributed by atoms with Crippen LogP contribution in [-0.2, 0) is 10.3 Å². The molecule has 0 spiro atoms. The molecule has 142 valence electrons. The van der Waals surface area contributed by atoms with Crippen molar-refractivity contribution in [2.24, 2.45) is 5.92 Å². The second-order valence-corrected chi connectivity index (χ2v) is 8.42. The lowest BCUT2D eigenvalue weighted by atomic mass is 9.81. The number of nitrogens with one attached hydrogen (secondary N) is 2. The lowest BCUT2D eigenvalue weighted by Crippen LogP contribution is -2.49. The molecule has 3 rings (SSSR count). The van der Waals surface area contributed by atoms with Crippen LogP contribution in [0.25, 0.3) is 0 Å². The smallest absolute Gasteiger partial charge is 0.234 e. The zero-order chi connectivity index (χ0) is 18.6. The van der Waals surface area contributed by atoms with Crippen molar-refractivity contribution in [3.8, 4) is 0 Å². The normalized spacial score (nSPS) is 18.0. The number of thiophene rings is 1. The van der Waals surface area contributed by atoms with Gasteiger partial charge in [-0.25, -0.2) is 0 Å². The number of carbonyl (C=O) groups is 1. The highest BCUT2D eigenvalue weighted by Crippen LogP contribution is 2.35. The van der Waals surface area contributed by atoms with Crippen LogP contribution in [0.2, 0.25) is 0 Å². The van der Waals surface area contributed by atoms with Gasteiger partial charge in [0.1, 0.15) is 0 Å². The highest BCUT2D eigenvalue weighted by atomic mass is 32.1. The molecule has 0 saturated heterocycles. The molecule has 0 radical (unpaired) electrons. The van der Waals surface area contributed by atoms with E-state index in [1.165, 1.54) is 11.3 Å². The second kappa shape index (κ2) is 8.31. The van der Waals surface area contributed by atoms with E-state index in [1.807, 2.05) is 11.4 Å². The van der Waals surface area contributed by atoms with Crippen LogP contribution >= 0.6 is 11.3 Å². The number of aryl methyl sites for hydroxylation is 1. The molecule has 1 aliphatic carbocycles. The molecule has 1 atom stereocenters. The summed E-state index contributed by atoms with van der Waals surface area (Å²) in [5.74, 6) is 1.58. The molecule has 2 heterocycles. The summed E-state index contributed by atoms with van der Waals surface area (Å²) in [6.45, 7) is 6.31. The van der Waals surface area contributed by atoms with Gasteiger partial charge in [0, 0.05) is 11.8 Å². The van der Waals surface area contributed by atoms with Crippen molar-refractivity contribution in [1.29, 1.82) is 0 Å². The lowest BCUT2D eigenvalue weighted by Gasteiger charge is -2.35.